The molecule has 1 aliphatic rings. The molecule has 1 N–H and O–H groups in total. The maximum absolute atomic E-state index is 3.76. The molecular weight excluding hydrogens is 232 g/mol. The molecular formula is C17H36N2. The topological polar surface area (TPSA) is 15.3 Å². The van der Waals surface area contributed by atoms with E-state index < -0.39 is 0 Å². The van der Waals surface area contributed by atoms with Crippen LogP contribution in [0.25, 0.3) is 0 Å². The van der Waals surface area contributed by atoms with E-state index in [1.807, 2.05) is 0 Å². The van der Waals surface area contributed by atoms with Gasteiger partial charge in [0.2, 0.25) is 0 Å². The second kappa shape index (κ2) is 8.97. The predicted molar refractivity (Wildman–Crippen MR) is 85.6 cm³/mol. The first-order valence-corrected chi connectivity index (χ1v) is 8.61. The maximum atomic E-state index is 3.76. The van der Waals surface area contributed by atoms with Crippen LogP contribution in [0.3, 0.4) is 0 Å². The molecule has 2 heteroatoms. The Morgan fingerprint density at radius 1 is 1.05 bits per heavy atom. The smallest absolute Gasteiger partial charge is 0.0223 e. The Morgan fingerprint density at radius 2 is 1.68 bits per heavy atom. The molecule has 1 aliphatic carbocycles. The molecule has 0 radical (unpaired) electrons. The average molecular weight is 268 g/mol. The van der Waals surface area contributed by atoms with Crippen molar-refractivity contribution in [3.8, 4) is 0 Å². The van der Waals surface area contributed by atoms with Crippen molar-refractivity contribution in [3.63, 3.8) is 0 Å². The van der Waals surface area contributed by atoms with Crippen LogP contribution in [0.4, 0.5) is 0 Å². The lowest BCUT2D eigenvalue weighted by Crippen LogP contribution is -2.49. The van der Waals surface area contributed by atoms with Gasteiger partial charge in [0.05, 0.1) is 0 Å². The number of nitrogens with zero attached hydrogens (tertiary/aromatic N) is 1. The van der Waals surface area contributed by atoms with E-state index in [-0.39, 0.29) is 0 Å². The van der Waals surface area contributed by atoms with Crippen molar-refractivity contribution in [2.45, 2.75) is 91.3 Å². The van der Waals surface area contributed by atoms with Crippen molar-refractivity contribution < 1.29 is 0 Å². The van der Waals surface area contributed by atoms with Crippen LogP contribution in [-0.2, 0) is 0 Å². The van der Waals surface area contributed by atoms with Crippen LogP contribution in [0.1, 0.15) is 73.1 Å². The average Bonchev–Trinajstić information content (AvgIpc) is 3.18. The minimum absolute atomic E-state index is 0.734. The van der Waals surface area contributed by atoms with Crippen LogP contribution in [0, 0.1) is 5.92 Å². The van der Waals surface area contributed by atoms with Crippen molar-refractivity contribution in [1.82, 2.24) is 10.2 Å². The summed E-state index contributed by atoms with van der Waals surface area (Å²) in [4.78, 5) is 2.81. The third-order valence-electron chi connectivity index (χ3n) is 4.30. The third-order valence-corrected chi connectivity index (χ3v) is 4.30. The highest BCUT2D eigenvalue weighted by Crippen LogP contribution is 2.21. The second-order valence-electron chi connectivity index (χ2n) is 6.69. The largest absolute Gasteiger partial charge is 0.312 e. The van der Waals surface area contributed by atoms with Gasteiger partial charge in [-0.15, -0.1) is 0 Å². The van der Waals surface area contributed by atoms with Crippen LogP contribution in [0.5, 0.6) is 0 Å². The van der Waals surface area contributed by atoms with Crippen LogP contribution < -0.4 is 5.32 Å². The van der Waals surface area contributed by atoms with Gasteiger partial charge in [-0.1, -0.05) is 41.0 Å². The monoisotopic (exact) mass is 268 g/mol. The summed E-state index contributed by atoms with van der Waals surface area (Å²) in [6.45, 7) is 14.2. The lowest BCUT2D eigenvalue weighted by Gasteiger charge is -2.39. The summed E-state index contributed by atoms with van der Waals surface area (Å²) in [5, 5.41) is 3.76. The number of hydrogen-bond donors (Lipinski definition) is 1. The summed E-state index contributed by atoms with van der Waals surface area (Å²) >= 11 is 0. The predicted octanol–water partition coefficient (Wildman–Crippen LogP) is 4.05. The van der Waals surface area contributed by atoms with Crippen molar-refractivity contribution >= 4 is 0 Å². The summed E-state index contributed by atoms with van der Waals surface area (Å²) in [6, 6.07) is 2.33. The highest BCUT2D eigenvalue weighted by Gasteiger charge is 2.27. The molecule has 2 nitrogen and oxygen atoms in total. The summed E-state index contributed by atoms with van der Waals surface area (Å²) in [5.74, 6) is 0.765. The van der Waals surface area contributed by atoms with Crippen molar-refractivity contribution in [3.05, 3.63) is 0 Å². The Balaban J connectivity index is 2.62. The normalized spacial score (nSPS) is 17.7. The van der Waals surface area contributed by atoms with Gasteiger partial charge >= 0.3 is 0 Å². The van der Waals surface area contributed by atoms with E-state index in [2.05, 4.69) is 44.8 Å². The molecule has 0 saturated heterocycles. The van der Waals surface area contributed by atoms with Crippen LogP contribution in [0.2, 0.25) is 0 Å². The number of hydrogen-bond acceptors (Lipinski definition) is 2. The zero-order valence-electron chi connectivity index (χ0n) is 13.9. The van der Waals surface area contributed by atoms with E-state index in [0.29, 0.717) is 0 Å². The van der Waals surface area contributed by atoms with E-state index in [1.165, 1.54) is 51.6 Å². The second-order valence-corrected chi connectivity index (χ2v) is 6.69. The highest BCUT2D eigenvalue weighted by atomic mass is 15.2. The van der Waals surface area contributed by atoms with E-state index in [1.54, 1.807) is 0 Å². The van der Waals surface area contributed by atoms with Crippen LogP contribution in [0.15, 0.2) is 0 Å². The molecule has 0 aromatic carbocycles. The summed E-state index contributed by atoms with van der Waals surface area (Å²) in [7, 11) is 0. The molecule has 1 rings (SSSR count). The molecule has 0 aromatic rings. The Hall–Kier alpha value is -0.0800. The van der Waals surface area contributed by atoms with E-state index >= 15 is 0 Å². The molecule has 0 spiro atoms. The van der Waals surface area contributed by atoms with Gasteiger partial charge in [0.15, 0.2) is 0 Å². The molecule has 1 atom stereocenters. The molecule has 114 valence electrons. The first-order valence-electron chi connectivity index (χ1n) is 8.61. The molecule has 19 heavy (non-hydrogen) atoms. The Kier molecular flexibility index (Phi) is 8.01. The van der Waals surface area contributed by atoms with E-state index in [9.17, 15) is 0 Å². The standard InChI is InChI=1S/C17H36N2/c1-6-9-17(12-18-15-10-11-15)19(13-14(4)5)16(7-2)8-3/h14-18H,6-13H2,1-5H3. The van der Waals surface area contributed by atoms with Crippen LogP contribution >= 0.6 is 0 Å². The Labute approximate surface area is 121 Å². The number of rotatable bonds is 11. The van der Waals surface area contributed by atoms with Gasteiger partial charge in [-0.25, -0.2) is 0 Å². The molecule has 0 bridgehead atoms. The fourth-order valence-corrected chi connectivity index (χ4v) is 3.08. The van der Waals surface area contributed by atoms with E-state index in [4.69, 9.17) is 0 Å². The van der Waals surface area contributed by atoms with Gasteiger partial charge in [-0.2, -0.15) is 0 Å². The van der Waals surface area contributed by atoms with Gasteiger partial charge in [0, 0.05) is 31.2 Å². The molecule has 0 aliphatic heterocycles. The van der Waals surface area contributed by atoms with Crippen molar-refractivity contribution in [1.29, 1.82) is 0 Å². The molecule has 0 amide bonds. The summed E-state index contributed by atoms with van der Waals surface area (Å²) < 4.78 is 0. The minimum atomic E-state index is 0.734. The Morgan fingerprint density at radius 3 is 2.11 bits per heavy atom. The fourth-order valence-electron chi connectivity index (χ4n) is 3.08. The lowest BCUT2D eigenvalue weighted by molar-refractivity contribution is 0.101. The summed E-state index contributed by atoms with van der Waals surface area (Å²) in [5.41, 5.74) is 0. The first-order chi connectivity index (χ1) is 9.12. The molecule has 1 saturated carbocycles. The fraction of sp³-hybridized carbons (Fsp3) is 1.00. The van der Waals surface area contributed by atoms with Gasteiger partial charge in [-0.3, -0.25) is 4.90 Å². The first kappa shape index (κ1) is 17.0. The van der Waals surface area contributed by atoms with E-state index in [0.717, 1.165) is 24.0 Å². The van der Waals surface area contributed by atoms with Gasteiger partial charge in [0.25, 0.3) is 0 Å². The zero-order chi connectivity index (χ0) is 14.3. The highest BCUT2D eigenvalue weighted by molar-refractivity contribution is 4.86. The van der Waals surface area contributed by atoms with Crippen LogP contribution in [-0.4, -0.2) is 36.1 Å². The molecule has 1 unspecified atom stereocenters. The number of nitrogens with one attached hydrogen (secondary N) is 1. The summed E-state index contributed by atoms with van der Waals surface area (Å²) in [6.07, 6.45) is 8.00. The maximum Gasteiger partial charge on any atom is 0.0223 e. The SMILES string of the molecule is CCCC(CNC1CC1)N(CC(C)C)C(CC)CC. The molecule has 1 fully saturated rings. The Bertz CT molecular complexity index is 219. The van der Waals surface area contributed by atoms with Crippen molar-refractivity contribution in [2.75, 3.05) is 13.1 Å². The third kappa shape index (κ3) is 6.27. The zero-order valence-corrected chi connectivity index (χ0v) is 13.9. The lowest BCUT2D eigenvalue weighted by atomic mass is 10.0. The van der Waals surface area contributed by atoms with Gasteiger partial charge in [-0.05, 0) is 38.0 Å². The van der Waals surface area contributed by atoms with Gasteiger partial charge < -0.3 is 5.32 Å². The quantitative estimate of drug-likeness (QED) is 0.608. The van der Waals surface area contributed by atoms with Gasteiger partial charge in [0.1, 0.15) is 0 Å². The molecule has 0 aromatic heterocycles. The van der Waals surface area contributed by atoms with Crippen molar-refractivity contribution in [2.24, 2.45) is 5.92 Å². The molecule has 0 heterocycles. The minimum Gasteiger partial charge on any atom is -0.312 e.